The maximum atomic E-state index is 8.31. The van der Waals surface area contributed by atoms with Crippen LogP contribution in [0, 0.1) is 5.41 Å². The number of nitrogens with zero attached hydrogens (tertiary/aromatic N) is 1. The van der Waals surface area contributed by atoms with Crippen LogP contribution in [0.4, 0.5) is 0 Å². The molecule has 156 valence electrons. The highest BCUT2D eigenvalue weighted by Gasteiger charge is 2.24. The highest BCUT2D eigenvalue weighted by atomic mass is 15.0. The Morgan fingerprint density at radius 2 is 1.34 bits per heavy atom. The van der Waals surface area contributed by atoms with Crippen molar-refractivity contribution in [3.05, 3.63) is 125 Å². The molecule has 1 aliphatic carbocycles. The Morgan fingerprint density at radius 1 is 0.719 bits per heavy atom. The second-order valence-corrected chi connectivity index (χ2v) is 8.32. The van der Waals surface area contributed by atoms with Gasteiger partial charge in [-0.15, -0.1) is 0 Å². The summed E-state index contributed by atoms with van der Waals surface area (Å²) in [4.78, 5) is 0. The summed E-state index contributed by atoms with van der Waals surface area (Å²) in [5, 5.41) is 9.54. The van der Waals surface area contributed by atoms with Crippen LogP contribution in [0.2, 0.25) is 0 Å². The summed E-state index contributed by atoms with van der Waals surface area (Å²) in [7, 11) is 2.15. The summed E-state index contributed by atoms with van der Waals surface area (Å²) in [6, 6.07) is 29.9. The molecule has 0 fully saturated rings. The molecule has 0 saturated carbocycles. The van der Waals surface area contributed by atoms with Crippen molar-refractivity contribution in [3.8, 4) is 11.3 Å². The van der Waals surface area contributed by atoms with Crippen molar-refractivity contribution in [1.29, 1.82) is 5.41 Å². The van der Waals surface area contributed by atoms with Gasteiger partial charge in [0.1, 0.15) is 0 Å². The minimum Gasteiger partial charge on any atom is -0.343 e. The molecule has 4 aromatic rings. The van der Waals surface area contributed by atoms with Crippen molar-refractivity contribution >= 4 is 22.2 Å². The summed E-state index contributed by atoms with van der Waals surface area (Å²) in [5.41, 5.74) is 11.2. The largest absolute Gasteiger partial charge is 0.343 e. The van der Waals surface area contributed by atoms with E-state index in [9.17, 15) is 0 Å². The van der Waals surface area contributed by atoms with E-state index in [1.165, 1.54) is 44.4 Å². The van der Waals surface area contributed by atoms with Crippen molar-refractivity contribution in [1.82, 2.24) is 4.57 Å². The van der Waals surface area contributed by atoms with Gasteiger partial charge in [-0.2, -0.15) is 0 Å². The van der Waals surface area contributed by atoms with Gasteiger partial charge in [0, 0.05) is 23.5 Å². The molecule has 0 saturated heterocycles. The first-order valence-corrected chi connectivity index (χ1v) is 11.0. The molecule has 0 radical (unpaired) electrons. The zero-order valence-electron chi connectivity index (χ0n) is 18.7. The van der Waals surface area contributed by atoms with Crippen LogP contribution in [0.1, 0.15) is 25.0 Å². The number of nitrogens with one attached hydrogen (secondary N) is 1. The lowest BCUT2D eigenvalue weighted by Crippen LogP contribution is -2.07. The number of hydrogen-bond donors (Lipinski definition) is 1. The summed E-state index contributed by atoms with van der Waals surface area (Å²) >= 11 is 0. The second-order valence-electron chi connectivity index (χ2n) is 8.32. The molecule has 1 heterocycles. The Bertz CT molecular complexity index is 1430. The fourth-order valence-corrected chi connectivity index (χ4v) is 4.71. The lowest BCUT2D eigenvalue weighted by molar-refractivity contribution is 0.976. The first-order chi connectivity index (χ1) is 15.6. The van der Waals surface area contributed by atoms with E-state index in [1.807, 2.05) is 13.0 Å². The topological polar surface area (TPSA) is 28.8 Å². The fraction of sp³-hybridized carbons (Fsp3) is 0.100. The summed E-state index contributed by atoms with van der Waals surface area (Å²) in [6.07, 6.45) is 4.04. The van der Waals surface area contributed by atoms with E-state index in [-0.39, 0.29) is 0 Å². The molecule has 0 bridgehead atoms. The van der Waals surface area contributed by atoms with Gasteiger partial charge in [0.25, 0.3) is 0 Å². The first-order valence-electron chi connectivity index (χ1n) is 11.0. The maximum Gasteiger partial charge on any atom is 0.0572 e. The van der Waals surface area contributed by atoms with Crippen LogP contribution in [0.15, 0.2) is 114 Å². The molecule has 1 N–H and O–H groups in total. The van der Waals surface area contributed by atoms with Crippen molar-refractivity contribution in [3.63, 3.8) is 0 Å². The highest BCUT2D eigenvalue weighted by molar-refractivity contribution is 6.12. The van der Waals surface area contributed by atoms with Crippen molar-refractivity contribution in [2.45, 2.75) is 13.8 Å². The Balaban J connectivity index is 1.97. The van der Waals surface area contributed by atoms with Gasteiger partial charge in [-0.05, 0) is 59.4 Å². The number of aromatic nitrogens is 1. The van der Waals surface area contributed by atoms with Crippen molar-refractivity contribution in [2.24, 2.45) is 7.05 Å². The van der Waals surface area contributed by atoms with Crippen molar-refractivity contribution < 1.29 is 0 Å². The predicted octanol–water partition coefficient (Wildman–Crippen LogP) is 7.57. The van der Waals surface area contributed by atoms with E-state index in [4.69, 9.17) is 5.41 Å². The summed E-state index contributed by atoms with van der Waals surface area (Å²) < 4.78 is 2.31. The second kappa shape index (κ2) is 7.97. The average Bonchev–Trinajstić information content (AvgIpc) is 3.13. The monoisotopic (exact) mass is 414 g/mol. The average molecular weight is 415 g/mol. The first kappa shape index (κ1) is 20.0. The number of rotatable bonds is 3. The van der Waals surface area contributed by atoms with E-state index >= 15 is 0 Å². The van der Waals surface area contributed by atoms with Crippen LogP contribution in [-0.2, 0) is 7.05 Å². The zero-order chi connectivity index (χ0) is 22.2. The van der Waals surface area contributed by atoms with Gasteiger partial charge in [0.05, 0.1) is 11.4 Å². The maximum absolute atomic E-state index is 8.31. The molecule has 0 unspecified atom stereocenters. The van der Waals surface area contributed by atoms with Gasteiger partial charge in [0.2, 0.25) is 0 Å². The number of hydrogen-bond acceptors (Lipinski definition) is 1. The molecule has 5 rings (SSSR count). The third-order valence-electron chi connectivity index (χ3n) is 6.52. The summed E-state index contributed by atoms with van der Waals surface area (Å²) in [6.45, 7) is 4.18. The van der Waals surface area contributed by atoms with Gasteiger partial charge in [0.15, 0.2) is 0 Å². The minimum absolute atomic E-state index is 0.583. The van der Waals surface area contributed by atoms with Crippen molar-refractivity contribution in [2.75, 3.05) is 0 Å². The molecule has 2 nitrogen and oxygen atoms in total. The van der Waals surface area contributed by atoms with Gasteiger partial charge in [-0.1, -0.05) is 84.9 Å². The van der Waals surface area contributed by atoms with Crippen LogP contribution >= 0.6 is 0 Å². The molecule has 0 spiro atoms. The van der Waals surface area contributed by atoms with Crippen LogP contribution in [-0.4, -0.2) is 10.3 Å². The van der Waals surface area contributed by atoms with E-state index in [0.29, 0.717) is 5.71 Å². The molecule has 0 aliphatic heterocycles. The standard InChI is InChI=1S/C30H26N2/c1-20-21(2)26(31)19-18-24(20)28(22-12-6-4-7-13-22)29-25-16-10-11-17-27(25)32(3)30(29)23-14-8-5-9-15-23/h4-19,31H,1-3H3. The van der Waals surface area contributed by atoms with E-state index < -0.39 is 0 Å². The SMILES string of the molecule is CC1=C(C)C(=C(c2ccccc2)c2c(-c3ccccc3)n(C)c3ccccc23)C=CC1=N. The van der Waals surface area contributed by atoms with Crippen LogP contribution in [0.5, 0.6) is 0 Å². The Morgan fingerprint density at radius 3 is 2.06 bits per heavy atom. The van der Waals surface area contributed by atoms with Crippen LogP contribution in [0.3, 0.4) is 0 Å². The number of para-hydroxylation sites is 1. The third-order valence-corrected chi connectivity index (χ3v) is 6.52. The Kier molecular flexibility index (Phi) is 4.99. The minimum atomic E-state index is 0.583. The van der Waals surface area contributed by atoms with E-state index in [1.54, 1.807) is 0 Å². The van der Waals surface area contributed by atoms with Gasteiger partial charge in [-0.3, -0.25) is 0 Å². The highest BCUT2D eigenvalue weighted by Crippen LogP contribution is 2.43. The quantitative estimate of drug-likeness (QED) is 0.358. The normalized spacial score (nSPS) is 15.5. The molecule has 3 aromatic carbocycles. The smallest absolute Gasteiger partial charge is 0.0572 e. The summed E-state index contributed by atoms with van der Waals surface area (Å²) in [5.74, 6) is 0. The van der Waals surface area contributed by atoms with Gasteiger partial charge < -0.3 is 9.98 Å². The van der Waals surface area contributed by atoms with Crippen LogP contribution in [0.25, 0.3) is 27.7 Å². The van der Waals surface area contributed by atoms with E-state index in [2.05, 4.69) is 110 Å². The molecule has 1 aromatic heterocycles. The molecular formula is C30H26N2. The van der Waals surface area contributed by atoms with Crippen LogP contribution < -0.4 is 0 Å². The molecule has 32 heavy (non-hydrogen) atoms. The predicted molar refractivity (Wildman–Crippen MR) is 136 cm³/mol. The zero-order valence-corrected chi connectivity index (χ0v) is 18.7. The lowest BCUT2D eigenvalue weighted by atomic mass is 9.83. The molecule has 2 heteroatoms. The Hall–Kier alpha value is -3.91. The molecule has 1 aliphatic rings. The molecule has 0 amide bonds. The third kappa shape index (κ3) is 3.16. The number of aryl methyl sites for hydroxylation is 1. The fourth-order valence-electron chi connectivity index (χ4n) is 4.71. The number of benzene rings is 3. The van der Waals surface area contributed by atoms with E-state index in [0.717, 1.165) is 11.1 Å². The Labute approximate surface area is 189 Å². The van der Waals surface area contributed by atoms with Gasteiger partial charge in [-0.25, -0.2) is 0 Å². The number of allylic oxidation sites excluding steroid dienone is 5. The van der Waals surface area contributed by atoms with Gasteiger partial charge >= 0.3 is 0 Å². The number of fused-ring (bicyclic) bond motifs is 1. The lowest BCUT2D eigenvalue weighted by Gasteiger charge is -2.21. The molecular weight excluding hydrogens is 388 g/mol. The molecule has 0 atom stereocenters.